The number of methoxy groups -OCH3 is 1. The highest BCUT2D eigenvalue weighted by molar-refractivity contribution is 5.95. The number of halogens is 3. The molecule has 0 N–H and O–H groups in total. The summed E-state index contributed by atoms with van der Waals surface area (Å²) < 4.78 is 52.1. The Bertz CT molecular complexity index is 1830. The third-order valence-electron chi connectivity index (χ3n) is 9.43. The van der Waals surface area contributed by atoms with Crippen LogP contribution in [0.1, 0.15) is 36.1 Å². The van der Waals surface area contributed by atoms with E-state index in [0.29, 0.717) is 12.0 Å². The summed E-state index contributed by atoms with van der Waals surface area (Å²) in [6, 6.07) is 26.8. The van der Waals surface area contributed by atoms with Crippen LogP contribution in [0.25, 0.3) is 22.0 Å². The molecular formula is C38H35F3N4O. The predicted octanol–water partition coefficient (Wildman–Crippen LogP) is 8.66. The van der Waals surface area contributed by atoms with Crippen LogP contribution in [0.4, 0.5) is 18.9 Å². The van der Waals surface area contributed by atoms with Crippen molar-refractivity contribution in [1.29, 1.82) is 0 Å². The van der Waals surface area contributed by atoms with Crippen LogP contribution in [-0.2, 0) is 16.5 Å². The molecule has 2 aliphatic rings. The molecular weight excluding hydrogens is 585 g/mol. The maximum absolute atomic E-state index is 15.0. The number of piperidine rings is 1. The second kappa shape index (κ2) is 12.2. The van der Waals surface area contributed by atoms with Crippen molar-refractivity contribution in [2.45, 2.75) is 37.1 Å². The fraction of sp³-hybridized carbons (Fsp3) is 0.263. The summed E-state index contributed by atoms with van der Waals surface area (Å²) >= 11 is 0. The van der Waals surface area contributed by atoms with Crippen LogP contribution >= 0.6 is 0 Å². The van der Waals surface area contributed by atoms with Crippen molar-refractivity contribution in [3.05, 3.63) is 138 Å². The quantitative estimate of drug-likeness (QED) is 0.183. The number of fused-ring (bicyclic) bond motifs is 1. The van der Waals surface area contributed by atoms with Crippen LogP contribution in [0.15, 0.2) is 122 Å². The van der Waals surface area contributed by atoms with Gasteiger partial charge in [0.2, 0.25) is 0 Å². The number of ether oxygens (including phenoxy) is 1. The van der Waals surface area contributed by atoms with Crippen LogP contribution in [0, 0.1) is 5.92 Å². The Hall–Kier alpha value is -4.69. The van der Waals surface area contributed by atoms with Crippen molar-refractivity contribution in [2.75, 3.05) is 25.1 Å². The molecule has 46 heavy (non-hydrogen) atoms. The molecule has 5 aromatic rings. The summed E-state index contributed by atoms with van der Waals surface area (Å²) in [4.78, 5) is 6.82. The molecule has 1 aliphatic heterocycles. The van der Waals surface area contributed by atoms with Crippen molar-refractivity contribution in [3.8, 4) is 11.1 Å². The minimum Gasteiger partial charge on any atom is -0.381 e. The number of aromatic nitrogens is 3. The SMILES string of the molecule is COC1CCN(c2ccnc3ccc(-c4cn(C(c5ccccc5)(c5ccccc5)C5C=CC=CC5)nc4C(F)(F)F)cc23)CC1. The number of anilines is 1. The maximum atomic E-state index is 15.0. The number of alkyl halides is 3. The minimum atomic E-state index is -4.68. The molecule has 5 nitrogen and oxygen atoms in total. The lowest BCUT2D eigenvalue weighted by molar-refractivity contribution is -0.141. The van der Waals surface area contributed by atoms with E-state index in [4.69, 9.17) is 4.74 Å². The monoisotopic (exact) mass is 620 g/mol. The van der Waals surface area contributed by atoms with E-state index in [1.165, 1.54) is 0 Å². The average molecular weight is 621 g/mol. The third kappa shape index (κ3) is 5.30. The summed E-state index contributed by atoms with van der Waals surface area (Å²) in [6.07, 6.45) is 9.39. The average Bonchev–Trinajstić information content (AvgIpc) is 3.56. The highest BCUT2D eigenvalue weighted by Gasteiger charge is 2.46. The largest absolute Gasteiger partial charge is 0.435 e. The van der Waals surface area contributed by atoms with Crippen molar-refractivity contribution >= 4 is 16.6 Å². The standard InChI is InChI=1S/C38H35F3N4O/c1-46-31-20-23-44(24-21-31)35-19-22-42-34-18-17-27(25-32(34)35)33-26-45(43-36(33)38(39,40)41)37(28-11-5-2-6-12-28,29-13-7-3-8-14-29)30-15-9-4-10-16-30/h2-15,17-19,22,25-26,30-31H,16,20-21,23-24H2,1H3. The molecule has 7 rings (SSSR count). The zero-order valence-electron chi connectivity index (χ0n) is 25.6. The molecule has 0 spiro atoms. The highest BCUT2D eigenvalue weighted by Crippen LogP contribution is 2.47. The van der Waals surface area contributed by atoms with E-state index in [0.717, 1.165) is 53.6 Å². The third-order valence-corrected chi connectivity index (χ3v) is 9.43. The van der Waals surface area contributed by atoms with E-state index in [2.05, 4.69) is 27.1 Å². The van der Waals surface area contributed by atoms with Gasteiger partial charge < -0.3 is 9.64 Å². The topological polar surface area (TPSA) is 43.2 Å². The van der Waals surface area contributed by atoms with Gasteiger partial charge in [-0.3, -0.25) is 9.67 Å². The molecule has 1 unspecified atom stereocenters. The van der Waals surface area contributed by atoms with Crippen LogP contribution in [0.2, 0.25) is 0 Å². The molecule has 1 saturated heterocycles. The van der Waals surface area contributed by atoms with Gasteiger partial charge in [0.15, 0.2) is 5.69 Å². The van der Waals surface area contributed by atoms with Gasteiger partial charge in [0.25, 0.3) is 0 Å². The highest BCUT2D eigenvalue weighted by atomic mass is 19.4. The first kappa shape index (κ1) is 30.0. The maximum Gasteiger partial charge on any atom is 0.435 e. The molecule has 234 valence electrons. The Balaban J connectivity index is 1.44. The van der Waals surface area contributed by atoms with Gasteiger partial charge >= 0.3 is 6.18 Å². The van der Waals surface area contributed by atoms with Crippen LogP contribution < -0.4 is 4.90 Å². The Kier molecular flexibility index (Phi) is 7.99. The van der Waals surface area contributed by atoms with E-state index in [9.17, 15) is 0 Å². The fourth-order valence-corrected chi connectivity index (χ4v) is 7.19. The minimum absolute atomic E-state index is 0.0360. The lowest BCUT2D eigenvalue weighted by Gasteiger charge is -2.41. The van der Waals surface area contributed by atoms with Gasteiger partial charge in [-0.2, -0.15) is 18.3 Å². The molecule has 0 saturated carbocycles. The number of nitrogens with zero attached hydrogens (tertiary/aromatic N) is 4. The molecule has 0 amide bonds. The Morgan fingerprint density at radius 3 is 2.15 bits per heavy atom. The lowest BCUT2D eigenvalue weighted by atomic mass is 9.70. The zero-order chi connectivity index (χ0) is 31.7. The summed E-state index contributed by atoms with van der Waals surface area (Å²) in [6.45, 7) is 1.60. The Morgan fingerprint density at radius 1 is 0.848 bits per heavy atom. The normalized spacial score (nSPS) is 17.6. The van der Waals surface area contributed by atoms with Crippen molar-refractivity contribution in [2.24, 2.45) is 5.92 Å². The number of allylic oxidation sites excluding steroid dienone is 4. The number of benzene rings is 3. The molecule has 3 heterocycles. The zero-order valence-corrected chi connectivity index (χ0v) is 25.6. The van der Waals surface area contributed by atoms with Crippen LogP contribution in [0.5, 0.6) is 0 Å². The molecule has 1 aliphatic carbocycles. The van der Waals surface area contributed by atoms with Crippen molar-refractivity contribution < 1.29 is 17.9 Å². The smallest absolute Gasteiger partial charge is 0.381 e. The fourth-order valence-electron chi connectivity index (χ4n) is 7.19. The van der Waals surface area contributed by atoms with Gasteiger partial charge in [-0.25, -0.2) is 0 Å². The summed E-state index contributed by atoms with van der Waals surface area (Å²) in [7, 11) is 1.73. The number of pyridine rings is 1. The van der Waals surface area contributed by atoms with Gasteiger partial charge in [-0.1, -0.05) is 91.0 Å². The van der Waals surface area contributed by atoms with Gasteiger partial charge in [0, 0.05) is 55.1 Å². The number of hydrogen-bond acceptors (Lipinski definition) is 4. The molecule has 2 aromatic heterocycles. The molecule has 8 heteroatoms. The Morgan fingerprint density at radius 2 is 1.54 bits per heavy atom. The summed E-state index contributed by atoms with van der Waals surface area (Å²) in [5.41, 5.74) is 1.94. The molecule has 3 aromatic carbocycles. The lowest BCUT2D eigenvalue weighted by Crippen LogP contribution is -2.43. The molecule has 0 radical (unpaired) electrons. The van der Waals surface area contributed by atoms with Crippen molar-refractivity contribution in [3.63, 3.8) is 0 Å². The first-order valence-corrected chi connectivity index (χ1v) is 15.7. The first-order chi connectivity index (χ1) is 22.4. The first-order valence-electron chi connectivity index (χ1n) is 15.7. The van der Waals surface area contributed by atoms with Crippen LogP contribution in [0.3, 0.4) is 0 Å². The number of hydrogen-bond donors (Lipinski definition) is 0. The second-order valence-corrected chi connectivity index (χ2v) is 12.0. The van der Waals surface area contributed by atoms with Crippen LogP contribution in [-0.4, -0.2) is 41.1 Å². The van der Waals surface area contributed by atoms with Gasteiger partial charge in [-0.15, -0.1) is 0 Å². The van der Waals surface area contributed by atoms with E-state index in [1.54, 1.807) is 30.3 Å². The van der Waals surface area contributed by atoms with E-state index in [-0.39, 0.29) is 17.6 Å². The van der Waals surface area contributed by atoms with E-state index >= 15 is 13.2 Å². The van der Waals surface area contributed by atoms with Gasteiger partial charge in [-0.05, 0) is 54.2 Å². The van der Waals surface area contributed by atoms with Gasteiger partial charge in [0.1, 0.15) is 5.54 Å². The number of rotatable bonds is 7. The summed E-state index contributed by atoms with van der Waals surface area (Å²) in [5, 5.41) is 5.28. The van der Waals surface area contributed by atoms with E-state index in [1.807, 2.05) is 91.0 Å². The Labute approximate surface area is 266 Å². The van der Waals surface area contributed by atoms with Gasteiger partial charge in [0.05, 0.1) is 11.6 Å². The molecule has 1 fully saturated rings. The molecule has 0 bridgehead atoms. The van der Waals surface area contributed by atoms with Crippen molar-refractivity contribution in [1.82, 2.24) is 14.8 Å². The predicted molar refractivity (Wildman–Crippen MR) is 176 cm³/mol. The summed E-state index contributed by atoms with van der Waals surface area (Å²) in [5.74, 6) is -0.196. The van der Waals surface area contributed by atoms with E-state index < -0.39 is 17.4 Å². The second-order valence-electron chi connectivity index (χ2n) is 12.0. The molecule has 1 atom stereocenters.